The Morgan fingerprint density at radius 3 is 2.69 bits per heavy atom. The van der Waals surface area contributed by atoms with Crippen LogP contribution in [0, 0.1) is 5.92 Å². The van der Waals surface area contributed by atoms with Crippen LogP contribution in [0.2, 0.25) is 10.0 Å². The smallest absolute Gasteiger partial charge is 0.341 e. The average molecular weight is 513 g/mol. The van der Waals surface area contributed by atoms with E-state index >= 15 is 0 Å². The normalized spacial score (nSPS) is 18.9. The Morgan fingerprint density at radius 1 is 1.25 bits per heavy atom. The molecule has 1 unspecified atom stereocenters. The first-order chi connectivity index (χ1) is 15.4. The molecule has 0 saturated carbocycles. The van der Waals surface area contributed by atoms with Crippen LogP contribution < -0.4 is 5.32 Å². The maximum Gasteiger partial charge on any atom is 0.341 e. The Hall–Kier alpha value is -1.38. The molecule has 1 aliphatic heterocycles. The number of piperazine rings is 1. The van der Waals surface area contributed by atoms with Crippen LogP contribution in [0.15, 0.2) is 18.2 Å². The van der Waals surface area contributed by atoms with Gasteiger partial charge in [-0.15, -0.1) is 11.3 Å². The molecule has 9 heteroatoms. The third-order valence-corrected chi connectivity index (χ3v) is 8.44. The summed E-state index contributed by atoms with van der Waals surface area (Å²) in [5, 5.41) is 6.01. The maximum absolute atomic E-state index is 12.5. The quantitative estimate of drug-likeness (QED) is 0.433. The molecule has 1 aliphatic carbocycles. The number of nitrogens with one attached hydrogen (secondary N) is 1. The number of nitrogens with zero attached hydrogens (tertiary/aromatic N) is 2. The van der Waals surface area contributed by atoms with Crippen LogP contribution in [-0.4, -0.2) is 54.2 Å². The predicted octanol–water partition coefficient (Wildman–Crippen LogP) is 5.48. The number of hydrogen-bond donors (Lipinski definition) is 1. The summed E-state index contributed by atoms with van der Waals surface area (Å²) in [5.41, 5.74) is 2.95. The predicted molar refractivity (Wildman–Crippen MR) is 136 cm³/mol. The van der Waals surface area contributed by atoms with Gasteiger partial charge in [-0.25, -0.2) is 4.79 Å². The van der Waals surface area contributed by atoms with Gasteiger partial charge >= 0.3 is 5.97 Å². The molecule has 2 aliphatic rings. The molecule has 172 valence electrons. The lowest BCUT2D eigenvalue weighted by molar-refractivity contribution is 0.0601. The topological polar surface area (TPSA) is 44.8 Å². The molecule has 1 aromatic heterocycles. The van der Waals surface area contributed by atoms with Gasteiger partial charge in [0.1, 0.15) is 5.00 Å². The number of benzene rings is 1. The lowest BCUT2D eigenvalue weighted by atomic mass is 9.88. The zero-order valence-electron chi connectivity index (χ0n) is 18.2. The largest absolute Gasteiger partial charge is 0.465 e. The highest BCUT2D eigenvalue weighted by Gasteiger charge is 2.29. The highest BCUT2D eigenvalue weighted by molar-refractivity contribution is 7.80. The number of ether oxygens (including phenoxy) is 1. The summed E-state index contributed by atoms with van der Waals surface area (Å²) >= 11 is 19.5. The van der Waals surface area contributed by atoms with Gasteiger partial charge in [-0.1, -0.05) is 36.2 Å². The molecule has 2 aromatic rings. The van der Waals surface area contributed by atoms with Crippen LogP contribution >= 0.6 is 46.8 Å². The Kier molecular flexibility index (Phi) is 7.62. The van der Waals surface area contributed by atoms with Crippen LogP contribution in [0.1, 0.15) is 39.7 Å². The fourth-order valence-corrected chi connectivity index (χ4v) is 6.41. The number of carbonyl (C=O) groups excluding carboxylic acids is 1. The van der Waals surface area contributed by atoms with E-state index in [1.54, 1.807) is 11.3 Å². The molecule has 1 saturated heterocycles. The van der Waals surface area contributed by atoms with Crippen molar-refractivity contribution in [2.45, 2.75) is 32.7 Å². The molecule has 1 N–H and O–H groups in total. The van der Waals surface area contributed by atoms with Gasteiger partial charge in [0.2, 0.25) is 0 Å². The van der Waals surface area contributed by atoms with Crippen molar-refractivity contribution < 1.29 is 9.53 Å². The third-order valence-electron chi connectivity index (χ3n) is 6.17. The minimum absolute atomic E-state index is 0.284. The minimum Gasteiger partial charge on any atom is -0.465 e. The second kappa shape index (κ2) is 10.3. The van der Waals surface area contributed by atoms with Crippen LogP contribution in [0.25, 0.3) is 0 Å². The van der Waals surface area contributed by atoms with E-state index in [4.69, 9.17) is 40.2 Å². The highest BCUT2D eigenvalue weighted by atomic mass is 35.5. The van der Waals surface area contributed by atoms with E-state index in [1.807, 2.05) is 18.2 Å². The Balaban J connectivity index is 1.39. The summed E-state index contributed by atoms with van der Waals surface area (Å²) in [6, 6.07) is 5.78. The van der Waals surface area contributed by atoms with Crippen LogP contribution in [0.4, 0.5) is 5.00 Å². The number of hydrogen-bond acceptors (Lipinski definition) is 5. The molecular formula is C23H27Cl2N3O2S2. The zero-order chi connectivity index (χ0) is 22.8. The van der Waals surface area contributed by atoms with E-state index in [-0.39, 0.29) is 5.97 Å². The number of thiocarbonyl (C=S) groups is 1. The van der Waals surface area contributed by atoms with E-state index < -0.39 is 0 Å². The second-order valence-electron chi connectivity index (χ2n) is 8.49. The van der Waals surface area contributed by atoms with Crippen LogP contribution in [0.5, 0.6) is 0 Å². The SMILES string of the molecule is COC(=O)c1c(NC(=S)N2CCN(Cc3ccc(Cl)c(Cl)c3)CC2)sc2c1CCC(C)C2. The number of fused-ring (bicyclic) bond motifs is 1. The van der Waals surface area contributed by atoms with Crippen molar-refractivity contribution in [2.24, 2.45) is 5.92 Å². The standard InChI is InChI=1S/C23H27Cl2N3O2S2/c1-14-3-5-16-19(11-14)32-21(20(16)22(29)30-2)26-23(31)28-9-7-27(8-10-28)13-15-4-6-17(24)18(25)12-15/h4,6,12,14H,3,5,7-11,13H2,1-2H3,(H,26,31). The van der Waals surface area contributed by atoms with E-state index in [9.17, 15) is 4.79 Å². The molecule has 1 fully saturated rings. The van der Waals surface area contributed by atoms with Gasteiger partial charge in [-0.05, 0) is 60.7 Å². The van der Waals surface area contributed by atoms with E-state index in [0.717, 1.165) is 68.1 Å². The lowest BCUT2D eigenvalue weighted by Gasteiger charge is -2.36. The van der Waals surface area contributed by atoms with Crippen molar-refractivity contribution in [1.29, 1.82) is 0 Å². The molecule has 32 heavy (non-hydrogen) atoms. The number of anilines is 1. The van der Waals surface area contributed by atoms with Crippen LogP contribution in [0.3, 0.4) is 0 Å². The summed E-state index contributed by atoms with van der Waals surface area (Å²) in [5.74, 6) is 0.351. The Labute approximate surface area is 208 Å². The summed E-state index contributed by atoms with van der Waals surface area (Å²) in [4.78, 5) is 18.4. The Bertz CT molecular complexity index is 1020. The molecule has 4 rings (SSSR count). The van der Waals surface area contributed by atoms with Gasteiger partial charge in [-0.3, -0.25) is 4.90 Å². The molecule has 2 heterocycles. The lowest BCUT2D eigenvalue weighted by Crippen LogP contribution is -2.49. The Morgan fingerprint density at radius 2 is 2.00 bits per heavy atom. The molecule has 0 bridgehead atoms. The van der Waals surface area contributed by atoms with Crippen molar-refractivity contribution in [2.75, 3.05) is 38.6 Å². The average Bonchev–Trinajstić information content (AvgIpc) is 3.13. The number of methoxy groups -OCH3 is 1. The van der Waals surface area contributed by atoms with Crippen molar-refractivity contribution >= 4 is 62.8 Å². The molecule has 1 aromatic carbocycles. The monoisotopic (exact) mass is 511 g/mol. The first-order valence-corrected chi connectivity index (χ1v) is 12.8. The van der Waals surface area contributed by atoms with Gasteiger partial charge in [0, 0.05) is 37.6 Å². The van der Waals surface area contributed by atoms with Gasteiger partial charge in [0.05, 0.1) is 22.7 Å². The molecule has 5 nitrogen and oxygen atoms in total. The van der Waals surface area contributed by atoms with Crippen molar-refractivity contribution in [3.63, 3.8) is 0 Å². The number of thiophene rings is 1. The van der Waals surface area contributed by atoms with E-state index in [2.05, 4.69) is 22.0 Å². The van der Waals surface area contributed by atoms with Gasteiger partial charge in [0.15, 0.2) is 5.11 Å². The molecular weight excluding hydrogens is 485 g/mol. The minimum atomic E-state index is -0.284. The maximum atomic E-state index is 12.5. The number of halogens is 2. The van der Waals surface area contributed by atoms with Crippen molar-refractivity contribution in [1.82, 2.24) is 9.80 Å². The van der Waals surface area contributed by atoms with Crippen molar-refractivity contribution in [3.8, 4) is 0 Å². The van der Waals surface area contributed by atoms with E-state index in [1.165, 1.54) is 12.0 Å². The number of carbonyl (C=O) groups is 1. The molecule has 0 radical (unpaired) electrons. The third kappa shape index (κ3) is 5.23. The number of rotatable bonds is 4. The van der Waals surface area contributed by atoms with Crippen LogP contribution in [-0.2, 0) is 24.1 Å². The fraction of sp³-hybridized carbons (Fsp3) is 0.478. The molecule has 0 amide bonds. The fourth-order valence-electron chi connectivity index (χ4n) is 4.34. The summed E-state index contributed by atoms with van der Waals surface area (Å²) in [7, 11) is 1.44. The second-order valence-corrected chi connectivity index (χ2v) is 10.8. The van der Waals surface area contributed by atoms with Gasteiger partial charge < -0.3 is 15.0 Å². The van der Waals surface area contributed by atoms with Gasteiger partial charge in [-0.2, -0.15) is 0 Å². The summed E-state index contributed by atoms with van der Waals surface area (Å²) < 4.78 is 5.09. The number of esters is 1. The summed E-state index contributed by atoms with van der Waals surface area (Å²) in [6.07, 6.45) is 3.02. The molecule has 1 atom stereocenters. The first-order valence-electron chi connectivity index (χ1n) is 10.8. The molecule has 0 spiro atoms. The first kappa shape index (κ1) is 23.8. The van der Waals surface area contributed by atoms with Gasteiger partial charge in [0.25, 0.3) is 0 Å². The zero-order valence-corrected chi connectivity index (χ0v) is 21.4. The van der Waals surface area contributed by atoms with Crippen molar-refractivity contribution in [3.05, 3.63) is 49.8 Å². The highest BCUT2D eigenvalue weighted by Crippen LogP contribution is 2.40. The summed E-state index contributed by atoms with van der Waals surface area (Å²) in [6.45, 7) is 6.52. The van der Waals surface area contributed by atoms with E-state index in [0.29, 0.717) is 26.6 Å².